The molecule has 5 N–H and O–H groups in total. The Labute approximate surface area is 251 Å². The Hall–Kier alpha value is -1.83. The molecule has 0 radical (unpaired) electrons. The summed E-state index contributed by atoms with van der Waals surface area (Å²) in [6, 6.07) is -0.160. The number of nitrogens with zero attached hydrogens (tertiary/aromatic N) is 6. The van der Waals surface area contributed by atoms with E-state index in [1.165, 1.54) is 15.2 Å². The third-order valence-electron chi connectivity index (χ3n) is 9.87. The summed E-state index contributed by atoms with van der Waals surface area (Å²) in [5, 5.41) is 40.8. The number of hydrogen-bond donors (Lipinski definition) is 5. The maximum absolute atomic E-state index is 13.1. The van der Waals surface area contributed by atoms with Gasteiger partial charge in [-0.25, -0.2) is 4.79 Å². The number of aromatic amines is 1. The molecule has 3 aliphatic heterocycles. The zero-order chi connectivity index (χ0) is 31.8. The second kappa shape index (κ2) is 10.4. The summed E-state index contributed by atoms with van der Waals surface area (Å²) in [5.74, 6) is 0.708. The topological polar surface area (TPSA) is 144 Å². The zero-order valence-electron chi connectivity index (χ0n) is 27.9. The van der Waals surface area contributed by atoms with E-state index in [2.05, 4.69) is 20.2 Å². The van der Waals surface area contributed by atoms with Crippen LogP contribution in [-0.4, -0.2) is 97.1 Å². The first-order valence-electron chi connectivity index (χ1n) is 15.4. The van der Waals surface area contributed by atoms with E-state index in [0.29, 0.717) is 50.4 Å². The normalized spacial score (nSPS) is 28.5. The van der Waals surface area contributed by atoms with Gasteiger partial charge in [0.25, 0.3) is 0 Å². The van der Waals surface area contributed by atoms with Crippen LogP contribution < -0.4 is 15.9 Å². The minimum Gasteiger partial charge on any atom is -0.353 e. The van der Waals surface area contributed by atoms with Crippen LogP contribution in [0.15, 0.2) is 4.79 Å². The lowest BCUT2D eigenvalue weighted by Crippen LogP contribution is -2.68. The first kappa shape index (κ1) is 33.1. The van der Waals surface area contributed by atoms with Gasteiger partial charge in [0.05, 0.1) is 0 Å². The lowest BCUT2D eigenvalue weighted by Gasteiger charge is -2.58. The van der Waals surface area contributed by atoms with Crippen molar-refractivity contribution in [2.45, 2.75) is 173 Å². The van der Waals surface area contributed by atoms with E-state index in [1.54, 1.807) is 0 Å². The van der Waals surface area contributed by atoms with E-state index in [1.807, 2.05) is 83.1 Å². The highest BCUT2D eigenvalue weighted by atomic mass is 16.5. The van der Waals surface area contributed by atoms with Gasteiger partial charge in [-0.2, -0.15) is 25.2 Å². The molecule has 0 bridgehead atoms. The predicted molar refractivity (Wildman–Crippen MR) is 163 cm³/mol. The fourth-order valence-electron chi connectivity index (χ4n) is 8.58. The van der Waals surface area contributed by atoms with Crippen molar-refractivity contribution < 1.29 is 15.6 Å². The van der Waals surface area contributed by atoms with Gasteiger partial charge in [0.15, 0.2) is 0 Å². The summed E-state index contributed by atoms with van der Waals surface area (Å²) in [4.78, 5) is 27.5. The van der Waals surface area contributed by atoms with E-state index in [0.717, 1.165) is 0 Å². The molecule has 3 aliphatic rings. The van der Waals surface area contributed by atoms with Crippen molar-refractivity contribution in [2.24, 2.45) is 0 Å². The molecule has 240 valence electrons. The van der Waals surface area contributed by atoms with Crippen LogP contribution in [0.4, 0.5) is 11.9 Å². The highest BCUT2D eigenvalue weighted by molar-refractivity contribution is 5.41. The van der Waals surface area contributed by atoms with Crippen molar-refractivity contribution in [3.05, 3.63) is 10.5 Å². The van der Waals surface area contributed by atoms with Crippen LogP contribution in [0.25, 0.3) is 0 Å². The lowest BCUT2D eigenvalue weighted by molar-refractivity contribution is -0.251. The molecular formula is C30H56N8O4. The Morgan fingerprint density at radius 3 is 1.33 bits per heavy atom. The predicted octanol–water partition coefficient (Wildman–Crippen LogP) is 4.62. The van der Waals surface area contributed by atoms with E-state index in [9.17, 15) is 20.4 Å². The molecule has 0 amide bonds. The molecule has 12 nitrogen and oxygen atoms in total. The Morgan fingerprint density at radius 2 is 0.976 bits per heavy atom. The summed E-state index contributed by atoms with van der Waals surface area (Å²) in [6.45, 7) is 24.3. The van der Waals surface area contributed by atoms with Gasteiger partial charge in [0.1, 0.15) is 0 Å². The molecule has 0 aliphatic carbocycles. The molecule has 0 saturated carbocycles. The van der Waals surface area contributed by atoms with Gasteiger partial charge in [-0.15, -0.1) is 0 Å². The molecule has 3 saturated heterocycles. The summed E-state index contributed by atoms with van der Waals surface area (Å²) in [6.07, 6.45) is 3.89. The molecule has 1 aromatic heterocycles. The van der Waals surface area contributed by atoms with E-state index < -0.39 is 38.9 Å². The van der Waals surface area contributed by atoms with Crippen LogP contribution >= 0.6 is 0 Å². The van der Waals surface area contributed by atoms with Gasteiger partial charge in [-0.3, -0.25) is 4.98 Å². The molecule has 1 aromatic rings. The van der Waals surface area contributed by atoms with Crippen molar-refractivity contribution in [3.63, 3.8) is 0 Å². The lowest BCUT2D eigenvalue weighted by atomic mass is 9.75. The van der Waals surface area contributed by atoms with Crippen molar-refractivity contribution in [2.75, 3.05) is 10.2 Å². The molecule has 0 spiro atoms. The first-order valence-corrected chi connectivity index (χ1v) is 15.4. The zero-order valence-corrected chi connectivity index (χ0v) is 27.9. The molecule has 4 heterocycles. The average molecular weight is 593 g/mol. The smallest absolute Gasteiger partial charge is 0.350 e. The van der Waals surface area contributed by atoms with Gasteiger partial charge in [0, 0.05) is 51.4 Å². The third-order valence-corrected chi connectivity index (χ3v) is 9.87. The van der Waals surface area contributed by atoms with Crippen molar-refractivity contribution in [3.8, 4) is 0 Å². The molecule has 42 heavy (non-hydrogen) atoms. The summed E-state index contributed by atoms with van der Waals surface area (Å²) >= 11 is 0. The van der Waals surface area contributed by atoms with Crippen molar-refractivity contribution in [1.29, 1.82) is 0 Å². The van der Waals surface area contributed by atoms with Crippen LogP contribution in [0.1, 0.15) is 122 Å². The Balaban J connectivity index is 1.77. The van der Waals surface area contributed by atoms with E-state index in [4.69, 9.17) is 4.98 Å². The molecule has 3 fully saturated rings. The van der Waals surface area contributed by atoms with Crippen LogP contribution in [0.5, 0.6) is 0 Å². The maximum atomic E-state index is 13.1. The molecule has 0 unspecified atom stereocenters. The number of aromatic nitrogens is 3. The monoisotopic (exact) mass is 592 g/mol. The van der Waals surface area contributed by atoms with Gasteiger partial charge < -0.3 is 25.8 Å². The summed E-state index contributed by atoms with van der Waals surface area (Å²) < 4.78 is 0. The molecule has 0 atom stereocenters. The number of rotatable bonds is 5. The number of piperidine rings is 3. The molecule has 0 aromatic carbocycles. The number of H-pyrrole nitrogens is 1. The van der Waals surface area contributed by atoms with Crippen molar-refractivity contribution in [1.82, 2.24) is 30.1 Å². The minimum atomic E-state index is -0.523. The van der Waals surface area contributed by atoms with Crippen LogP contribution in [0.2, 0.25) is 0 Å². The van der Waals surface area contributed by atoms with Gasteiger partial charge in [-0.1, -0.05) is 0 Å². The van der Waals surface area contributed by atoms with E-state index in [-0.39, 0.29) is 18.1 Å². The Morgan fingerprint density at radius 1 is 0.643 bits per heavy atom. The summed E-state index contributed by atoms with van der Waals surface area (Å²) in [5.41, 5.74) is -3.51. The van der Waals surface area contributed by atoms with Gasteiger partial charge in [-0.05, 0) is 122 Å². The van der Waals surface area contributed by atoms with Crippen molar-refractivity contribution >= 4 is 11.9 Å². The number of nitrogens with one attached hydrogen (secondary N) is 2. The fraction of sp³-hybridized carbons (Fsp3) is 0.900. The Kier molecular flexibility index (Phi) is 8.17. The third kappa shape index (κ3) is 6.21. The van der Waals surface area contributed by atoms with Gasteiger partial charge >= 0.3 is 5.69 Å². The van der Waals surface area contributed by atoms with Crippen LogP contribution in [0.3, 0.4) is 0 Å². The van der Waals surface area contributed by atoms with Crippen LogP contribution in [0, 0.1) is 0 Å². The quantitative estimate of drug-likeness (QED) is 0.327. The second-order valence-electron chi connectivity index (χ2n) is 16.9. The number of hydrogen-bond acceptors (Lipinski definition) is 11. The minimum absolute atomic E-state index is 0.0313. The van der Waals surface area contributed by atoms with Gasteiger partial charge in [0.2, 0.25) is 11.9 Å². The average Bonchev–Trinajstić information content (AvgIpc) is 2.78. The molecule has 4 rings (SSSR count). The fourth-order valence-corrected chi connectivity index (χ4v) is 8.58. The van der Waals surface area contributed by atoms with E-state index >= 15 is 0 Å². The molecular weight excluding hydrogens is 536 g/mol. The Bertz CT molecular complexity index is 1110. The SMILES string of the molecule is CC1(C)CC(Nc2nc(N(C3CC(C)(C)N(O)C(C)(C)C3)C3CC(C)(C)N(O)C(C)(C)C3)nc(=O)[nH]2)CC(C)(C)N1O. The second-order valence-corrected chi connectivity index (χ2v) is 16.9. The number of hydroxylamine groups is 6. The highest BCUT2D eigenvalue weighted by Gasteiger charge is 2.52. The highest BCUT2D eigenvalue weighted by Crippen LogP contribution is 2.45. The first-order chi connectivity index (χ1) is 18.9. The standard InChI is InChI=1S/C30H56N8O4/c1-25(2)13-19(14-26(3,4)36(25)40)31-22-32-23(34-24(39)33-22)35(20-15-27(5,6)37(41)28(7,8)16-20)21-17-29(9,10)38(42)30(11,12)18-21/h19-21,40-42H,13-18H2,1-12H3,(H2,31,32,33,34,39). The number of anilines is 2. The summed E-state index contributed by atoms with van der Waals surface area (Å²) in [7, 11) is 0. The maximum Gasteiger partial charge on any atom is 0.350 e. The van der Waals surface area contributed by atoms with Crippen LogP contribution in [-0.2, 0) is 0 Å². The molecule has 12 heteroatoms. The largest absolute Gasteiger partial charge is 0.353 e.